The second-order valence-corrected chi connectivity index (χ2v) is 10.1. The Kier molecular flexibility index (Phi) is 13.8. The van der Waals surface area contributed by atoms with Crippen molar-refractivity contribution in [2.45, 2.75) is 90.1 Å². The Morgan fingerprint density at radius 3 is 1.54 bits per heavy atom. The van der Waals surface area contributed by atoms with Crippen molar-refractivity contribution in [3.8, 4) is 0 Å². The quantitative estimate of drug-likeness (QED) is 0.332. The van der Waals surface area contributed by atoms with Crippen molar-refractivity contribution in [1.29, 1.82) is 0 Å². The number of amidine groups is 2. The second kappa shape index (κ2) is 16.3. The van der Waals surface area contributed by atoms with E-state index in [0.29, 0.717) is 11.7 Å². The molecule has 205 valence electrons. The van der Waals surface area contributed by atoms with Crippen LogP contribution in [-0.2, 0) is 18.6 Å². The number of hydrogen-bond acceptors (Lipinski definition) is 5. The number of unbranched alkanes of at least 4 members (excludes halogenated alkanes) is 6. The van der Waals surface area contributed by atoms with E-state index in [1.165, 1.54) is 62.5 Å². The van der Waals surface area contributed by atoms with Crippen molar-refractivity contribution in [2.75, 3.05) is 0 Å². The predicted octanol–water partition coefficient (Wildman–Crippen LogP) is 1.16. The van der Waals surface area contributed by atoms with E-state index in [9.17, 15) is 0 Å². The van der Waals surface area contributed by atoms with Crippen LogP contribution >= 0.6 is 0 Å². The zero-order valence-corrected chi connectivity index (χ0v) is 25.8. The van der Waals surface area contributed by atoms with Crippen molar-refractivity contribution in [3.05, 3.63) is 77.2 Å². The van der Waals surface area contributed by atoms with Gasteiger partial charge in [-0.3, -0.25) is 9.98 Å². The third-order valence-corrected chi connectivity index (χ3v) is 7.10. The van der Waals surface area contributed by atoms with Crippen LogP contribution in [0.1, 0.15) is 89.4 Å². The Bertz CT molecular complexity index is 1150. The topological polar surface area (TPSA) is 62.3 Å². The molecule has 0 saturated heterocycles. The number of rotatable bonds is 12. The summed E-state index contributed by atoms with van der Waals surface area (Å²) in [5.41, 5.74) is 6.31. The van der Waals surface area contributed by atoms with Crippen molar-refractivity contribution < 1.29 is 43.4 Å². The third kappa shape index (κ3) is 8.47. The molecule has 5 nitrogen and oxygen atoms in total. The molecular formula is C31H37Cl2N5V. The molecule has 3 heterocycles. The van der Waals surface area contributed by atoms with Gasteiger partial charge in [-0.05, 0) is 61.1 Å². The third-order valence-electron chi connectivity index (χ3n) is 7.10. The van der Waals surface area contributed by atoms with Crippen LogP contribution in [0.5, 0.6) is 0 Å². The number of pyridine rings is 1. The van der Waals surface area contributed by atoms with Crippen LogP contribution in [0.15, 0.2) is 85.8 Å². The summed E-state index contributed by atoms with van der Waals surface area (Å²) in [5, 5.41) is 0. The van der Waals surface area contributed by atoms with E-state index in [0.717, 1.165) is 35.7 Å². The molecule has 0 bridgehead atoms. The molecule has 2 aliphatic carbocycles. The molecule has 1 aromatic heterocycles. The zero-order valence-electron chi connectivity index (χ0n) is 22.9. The van der Waals surface area contributed by atoms with E-state index in [4.69, 9.17) is 25.0 Å². The van der Waals surface area contributed by atoms with Gasteiger partial charge in [-0.2, -0.15) is 0 Å². The molecule has 0 amide bonds. The predicted molar refractivity (Wildman–Crippen MR) is 152 cm³/mol. The minimum atomic E-state index is 0. The Morgan fingerprint density at radius 2 is 1.10 bits per heavy atom. The molecule has 0 N–H and O–H groups in total. The molecule has 2 aliphatic heterocycles. The molecule has 39 heavy (non-hydrogen) atoms. The number of hydrogen-bond donors (Lipinski definition) is 0. The van der Waals surface area contributed by atoms with Crippen molar-refractivity contribution in [1.82, 2.24) is 4.98 Å². The monoisotopic (exact) mass is 600 g/mol. The minimum absolute atomic E-state index is 0. The summed E-state index contributed by atoms with van der Waals surface area (Å²) in [6, 6.07) is 5.97. The Hall–Kier alpha value is -2.05. The molecule has 0 fully saturated rings. The number of nitrogens with zero attached hydrogens (tertiary/aromatic N) is 5. The Labute approximate surface area is 257 Å². The molecular weight excluding hydrogens is 564 g/mol. The first kappa shape index (κ1) is 33.2. The number of fused-ring (bicyclic) bond motifs is 2. The van der Waals surface area contributed by atoms with Crippen molar-refractivity contribution >= 4 is 23.1 Å². The summed E-state index contributed by atoms with van der Waals surface area (Å²) < 4.78 is 0. The fourth-order valence-electron chi connectivity index (χ4n) is 5.01. The molecule has 1 aromatic rings. The fourth-order valence-corrected chi connectivity index (χ4v) is 5.01. The van der Waals surface area contributed by atoms with Gasteiger partial charge in [0.2, 0.25) is 0 Å². The molecule has 0 spiro atoms. The Morgan fingerprint density at radius 1 is 0.641 bits per heavy atom. The molecule has 4 aliphatic rings. The van der Waals surface area contributed by atoms with Crippen LogP contribution in [0.25, 0.3) is 0 Å². The average molecular weight is 602 g/mol. The van der Waals surface area contributed by atoms with Gasteiger partial charge in [-0.1, -0.05) is 82.7 Å². The van der Waals surface area contributed by atoms with Crippen LogP contribution in [-0.4, -0.2) is 40.2 Å². The molecule has 0 aromatic carbocycles. The first-order chi connectivity index (χ1) is 17.7. The second-order valence-electron chi connectivity index (χ2n) is 10.1. The van der Waals surface area contributed by atoms with E-state index >= 15 is 0 Å². The van der Waals surface area contributed by atoms with Gasteiger partial charge in [-0.25, -0.2) is 15.0 Å². The van der Waals surface area contributed by atoms with Gasteiger partial charge in [0.15, 0.2) is 11.7 Å². The number of allylic oxidation sites excluding steroid dienone is 4. The average Bonchev–Trinajstić information content (AvgIpc) is 3.53. The maximum atomic E-state index is 4.87. The molecule has 1 radical (unpaired) electrons. The van der Waals surface area contributed by atoms with E-state index < -0.39 is 0 Å². The van der Waals surface area contributed by atoms with Gasteiger partial charge in [0.25, 0.3) is 0 Å². The maximum Gasteiger partial charge on any atom is 2.00 e. The van der Waals surface area contributed by atoms with Gasteiger partial charge in [0, 0.05) is 0 Å². The summed E-state index contributed by atoms with van der Waals surface area (Å²) in [4.78, 5) is 24.2. The largest absolute Gasteiger partial charge is 2.00 e. The summed E-state index contributed by atoms with van der Waals surface area (Å²) in [5.74, 6) is 1.39. The Balaban J connectivity index is 0.00000178. The summed E-state index contributed by atoms with van der Waals surface area (Å²) >= 11 is 0. The van der Waals surface area contributed by atoms with Crippen molar-refractivity contribution in [3.63, 3.8) is 0 Å². The maximum absolute atomic E-state index is 4.87. The smallest absolute Gasteiger partial charge is 1.00 e. The van der Waals surface area contributed by atoms with Gasteiger partial charge in [0.1, 0.15) is 23.5 Å². The van der Waals surface area contributed by atoms with Crippen LogP contribution < -0.4 is 24.8 Å². The van der Waals surface area contributed by atoms with E-state index in [2.05, 4.69) is 50.3 Å². The summed E-state index contributed by atoms with van der Waals surface area (Å²) in [6.07, 6.45) is 25.6. The van der Waals surface area contributed by atoms with E-state index in [1.54, 1.807) is 0 Å². The molecule has 8 heteroatoms. The minimum Gasteiger partial charge on any atom is -1.00 e. The molecule has 0 saturated carbocycles. The van der Waals surface area contributed by atoms with Gasteiger partial charge in [-0.15, -0.1) is 0 Å². The molecule has 5 rings (SSSR count). The zero-order chi connectivity index (χ0) is 24.7. The summed E-state index contributed by atoms with van der Waals surface area (Å²) in [6.45, 7) is 4.50. The first-order valence-electron chi connectivity index (χ1n) is 13.8. The van der Waals surface area contributed by atoms with Crippen LogP contribution in [0, 0.1) is 0 Å². The number of halogens is 2. The number of aliphatic imine (C=N–C) groups is 4. The summed E-state index contributed by atoms with van der Waals surface area (Å²) in [7, 11) is 0. The van der Waals surface area contributed by atoms with E-state index in [-0.39, 0.29) is 55.5 Å². The van der Waals surface area contributed by atoms with Crippen LogP contribution in [0.3, 0.4) is 0 Å². The molecule has 2 atom stereocenters. The van der Waals surface area contributed by atoms with Crippen LogP contribution in [0.2, 0.25) is 0 Å². The normalized spacial score (nSPS) is 20.2. The molecule has 2 unspecified atom stereocenters. The van der Waals surface area contributed by atoms with Gasteiger partial charge in [0.05, 0.1) is 11.4 Å². The first-order valence-corrected chi connectivity index (χ1v) is 13.8. The standard InChI is InChI=1S/C31H37N5.2ClH.V/c1-3-5-7-9-12-22-16-18-24-28(20-22)35-30(33-24)26-14-11-15-27(32-26)31-34-25-19-17-23(21-29(25)36-31)13-10-8-6-4-2;;;/h11,14-21,24-25H,3-10,12-13H2,1-2H3;2*1H;/q;;;+2/p-2. The van der Waals surface area contributed by atoms with E-state index in [1.807, 2.05) is 18.2 Å². The SMILES string of the molecule is CCCCCCC1=CC2=NC(c3cccc(C4=NC5C=CC(CCCCCC)=CC5=N4)n3)=NC2C=C1.[Cl-].[Cl-].[V+2]. The van der Waals surface area contributed by atoms with Gasteiger partial charge < -0.3 is 24.8 Å². The number of aromatic nitrogens is 1. The fraction of sp³-hybridized carbons (Fsp3) is 0.452. The van der Waals surface area contributed by atoms with Gasteiger partial charge >= 0.3 is 18.6 Å². The van der Waals surface area contributed by atoms with Crippen LogP contribution in [0.4, 0.5) is 0 Å². The van der Waals surface area contributed by atoms with Crippen molar-refractivity contribution in [2.24, 2.45) is 20.0 Å².